The average Bonchev–Trinajstić information content (AvgIpc) is 3.09. The second-order valence-electron chi connectivity index (χ2n) is 7.11. The molecule has 7 nitrogen and oxygen atoms in total. The number of aromatic amines is 1. The molecule has 3 heterocycles. The van der Waals surface area contributed by atoms with E-state index in [1.807, 2.05) is 23.2 Å². The van der Waals surface area contributed by atoms with E-state index < -0.39 is 0 Å². The maximum Gasteiger partial charge on any atom is 0.216 e. The molecule has 4 rings (SSSR count). The van der Waals surface area contributed by atoms with Crippen LogP contribution in [0.4, 0.5) is 0 Å². The van der Waals surface area contributed by atoms with Crippen molar-refractivity contribution in [3.05, 3.63) is 45.9 Å². The van der Waals surface area contributed by atoms with E-state index >= 15 is 0 Å². The number of aryl methyl sites for hydroxylation is 1. The van der Waals surface area contributed by atoms with Gasteiger partial charge in [-0.3, -0.25) is 5.10 Å². The maximum absolute atomic E-state index is 5.32. The predicted octanol–water partition coefficient (Wildman–Crippen LogP) is 3.89. The monoisotopic (exact) mass is 369 g/mol. The van der Waals surface area contributed by atoms with Crippen LogP contribution in [0.2, 0.25) is 0 Å². The summed E-state index contributed by atoms with van der Waals surface area (Å²) in [5.41, 5.74) is 3.32. The van der Waals surface area contributed by atoms with Gasteiger partial charge in [0.25, 0.3) is 0 Å². The Labute approximate surface area is 157 Å². The van der Waals surface area contributed by atoms with Gasteiger partial charge in [-0.25, -0.2) is 4.68 Å². The molecule has 1 aliphatic carbocycles. The predicted molar refractivity (Wildman–Crippen MR) is 104 cm³/mol. The van der Waals surface area contributed by atoms with Crippen LogP contribution in [-0.4, -0.2) is 35.4 Å². The summed E-state index contributed by atoms with van der Waals surface area (Å²) in [5, 5.41) is 16.2. The number of nitrogens with one attached hydrogen (secondary N) is 1. The molecule has 0 radical (unpaired) electrons. The lowest BCUT2D eigenvalue weighted by atomic mass is 10.3. The second kappa shape index (κ2) is 6.35. The topological polar surface area (TPSA) is 68.7 Å². The Hall–Kier alpha value is -2.48. The van der Waals surface area contributed by atoms with Gasteiger partial charge in [0.2, 0.25) is 4.77 Å². The smallest absolute Gasteiger partial charge is 0.216 e. The Morgan fingerprint density at radius 1 is 1.35 bits per heavy atom. The summed E-state index contributed by atoms with van der Waals surface area (Å²) >= 11 is 5.32. The minimum atomic E-state index is 0.295. The van der Waals surface area contributed by atoms with Gasteiger partial charge >= 0.3 is 0 Å². The SMILES string of the molecule is Cc1cc(/C=N\n2c(C3CC3)n[nH]c2=S)c(C)n1-c1ccnn1C(C)C. The fourth-order valence-electron chi connectivity index (χ4n) is 3.29. The van der Waals surface area contributed by atoms with Crippen molar-refractivity contribution in [2.45, 2.75) is 52.5 Å². The first-order valence-corrected chi connectivity index (χ1v) is 9.32. The Balaban J connectivity index is 1.72. The Bertz CT molecular complexity index is 1030. The average molecular weight is 369 g/mol. The molecule has 0 saturated heterocycles. The summed E-state index contributed by atoms with van der Waals surface area (Å²) in [6.45, 7) is 8.46. The van der Waals surface area contributed by atoms with Gasteiger partial charge in [0, 0.05) is 35.0 Å². The molecule has 0 unspecified atom stereocenters. The molecular weight excluding hydrogens is 346 g/mol. The van der Waals surface area contributed by atoms with Crippen molar-refractivity contribution in [3.63, 3.8) is 0 Å². The summed E-state index contributed by atoms with van der Waals surface area (Å²) in [5.74, 6) is 2.47. The molecule has 1 N–H and O–H groups in total. The molecule has 136 valence electrons. The van der Waals surface area contributed by atoms with Crippen molar-refractivity contribution in [3.8, 4) is 5.82 Å². The van der Waals surface area contributed by atoms with Gasteiger partial charge in [-0.05, 0) is 58.8 Å². The third kappa shape index (κ3) is 2.84. The lowest BCUT2D eigenvalue weighted by Crippen LogP contribution is -2.11. The van der Waals surface area contributed by atoms with Crippen LogP contribution in [0.1, 0.15) is 61.4 Å². The molecule has 0 aliphatic heterocycles. The van der Waals surface area contributed by atoms with Crippen LogP contribution < -0.4 is 0 Å². The highest BCUT2D eigenvalue weighted by atomic mass is 32.1. The lowest BCUT2D eigenvalue weighted by molar-refractivity contribution is 0.519. The highest BCUT2D eigenvalue weighted by Gasteiger charge is 2.29. The van der Waals surface area contributed by atoms with Crippen LogP contribution in [0, 0.1) is 18.6 Å². The van der Waals surface area contributed by atoms with E-state index in [0.29, 0.717) is 16.7 Å². The van der Waals surface area contributed by atoms with Gasteiger partial charge in [-0.15, -0.1) is 0 Å². The van der Waals surface area contributed by atoms with E-state index in [9.17, 15) is 0 Å². The number of rotatable bonds is 5. The molecule has 0 amide bonds. The quantitative estimate of drug-likeness (QED) is 0.548. The Kier molecular flexibility index (Phi) is 4.14. The first kappa shape index (κ1) is 17.0. The molecule has 1 fully saturated rings. The molecule has 0 aromatic carbocycles. The minimum Gasteiger partial charge on any atom is -0.303 e. The van der Waals surface area contributed by atoms with Gasteiger partial charge in [0.15, 0.2) is 5.82 Å². The Morgan fingerprint density at radius 3 is 2.81 bits per heavy atom. The van der Waals surface area contributed by atoms with Crippen LogP contribution >= 0.6 is 12.2 Å². The van der Waals surface area contributed by atoms with Gasteiger partial charge in [0.05, 0.1) is 12.4 Å². The Morgan fingerprint density at radius 2 is 2.12 bits per heavy atom. The van der Waals surface area contributed by atoms with Gasteiger partial charge < -0.3 is 4.57 Å². The zero-order valence-corrected chi connectivity index (χ0v) is 16.3. The summed E-state index contributed by atoms with van der Waals surface area (Å²) in [7, 11) is 0. The van der Waals surface area contributed by atoms with Crippen LogP contribution in [0.5, 0.6) is 0 Å². The fraction of sp³-hybridized carbons (Fsp3) is 0.444. The summed E-state index contributed by atoms with van der Waals surface area (Å²) < 4.78 is 6.52. The molecule has 1 saturated carbocycles. The molecule has 3 aromatic heterocycles. The van der Waals surface area contributed by atoms with Crippen molar-refractivity contribution in [1.82, 2.24) is 29.2 Å². The van der Waals surface area contributed by atoms with Gasteiger partial charge in [-0.2, -0.15) is 20.0 Å². The normalized spacial score (nSPS) is 14.8. The first-order valence-electron chi connectivity index (χ1n) is 8.92. The molecular formula is C18H23N7S. The van der Waals surface area contributed by atoms with E-state index in [4.69, 9.17) is 12.2 Å². The van der Waals surface area contributed by atoms with E-state index in [0.717, 1.165) is 41.4 Å². The minimum absolute atomic E-state index is 0.295. The molecule has 0 bridgehead atoms. The molecule has 1 aliphatic rings. The summed E-state index contributed by atoms with van der Waals surface area (Å²) in [4.78, 5) is 0. The number of nitrogens with zero attached hydrogens (tertiary/aromatic N) is 6. The van der Waals surface area contributed by atoms with Crippen LogP contribution in [0.3, 0.4) is 0 Å². The second-order valence-corrected chi connectivity index (χ2v) is 7.49. The van der Waals surface area contributed by atoms with E-state index in [1.165, 1.54) is 0 Å². The van der Waals surface area contributed by atoms with Crippen LogP contribution in [-0.2, 0) is 0 Å². The largest absolute Gasteiger partial charge is 0.303 e. The lowest BCUT2D eigenvalue weighted by Gasteiger charge is -2.15. The molecule has 0 atom stereocenters. The fourth-order valence-corrected chi connectivity index (χ4v) is 3.48. The number of aromatic nitrogens is 6. The van der Waals surface area contributed by atoms with Crippen molar-refractivity contribution in [2.75, 3.05) is 0 Å². The molecule has 26 heavy (non-hydrogen) atoms. The van der Waals surface area contributed by atoms with Crippen molar-refractivity contribution in [1.29, 1.82) is 0 Å². The number of hydrogen-bond donors (Lipinski definition) is 1. The zero-order chi connectivity index (χ0) is 18.4. The summed E-state index contributed by atoms with van der Waals surface area (Å²) in [6, 6.07) is 4.47. The highest BCUT2D eigenvalue weighted by molar-refractivity contribution is 7.71. The first-order chi connectivity index (χ1) is 12.5. The third-order valence-electron chi connectivity index (χ3n) is 4.77. The van der Waals surface area contributed by atoms with Gasteiger partial charge in [-0.1, -0.05) is 0 Å². The summed E-state index contributed by atoms with van der Waals surface area (Å²) in [6.07, 6.45) is 6.02. The zero-order valence-electron chi connectivity index (χ0n) is 15.5. The van der Waals surface area contributed by atoms with E-state index in [2.05, 4.69) is 58.7 Å². The standard InChI is InChI=1S/C18H23N7S/c1-11(2)24-16(7-8-19-24)23-12(3)9-15(13(23)4)10-20-25-17(14-5-6-14)21-22-18(25)26/h7-11,14H,5-6H2,1-4H3,(H,22,26)/b20-10-. The maximum atomic E-state index is 5.32. The number of hydrogen-bond acceptors (Lipinski definition) is 4. The van der Waals surface area contributed by atoms with E-state index in [-0.39, 0.29) is 0 Å². The number of H-pyrrole nitrogens is 1. The molecule has 0 spiro atoms. The van der Waals surface area contributed by atoms with Crippen LogP contribution in [0.15, 0.2) is 23.4 Å². The van der Waals surface area contributed by atoms with Crippen molar-refractivity contribution >= 4 is 18.4 Å². The molecule has 3 aromatic rings. The third-order valence-corrected chi connectivity index (χ3v) is 5.03. The van der Waals surface area contributed by atoms with Crippen molar-refractivity contribution in [2.24, 2.45) is 5.10 Å². The van der Waals surface area contributed by atoms with Crippen molar-refractivity contribution < 1.29 is 0 Å². The highest BCUT2D eigenvalue weighted by Crippen LogP contribution is 2.38. The van der Waals surface area contributed by atoms with Gasteiger partial charge in [0.1, 0.15) is 5.82 Å². The van der Waals surface area contributed by atoms with E-state index in [1.54, 1.807) is 4.68 Å². The molecule has 8 heteroatoms. The van der Waals surface area contributed by atoms with Crippen LogP contribution in [0.25, 0.3) is 5.82 Å².